The molecule has 0 radical (unpaired) electrons. The Bertz CT molecular complexity index is 482. The van der Waals surface area contributed by atoms with Gasteiger partial charge in [-0.05, 0) is 19.8 Å². The third kappa shape index (κ3) is 3.23. The Hall–Kier alpha value is -1.63. The lowest BCUT2D eigenvalue weighted by Gasteiger charge is -2.37. The number of carboxylic acid groups (broad SMARTS) is 1. The Kier molecular flexibility index (Phi) is 4.04. The molecule has 0 saturated heterocycles. The van der Waals surface area contributed by atoms with Crippen LogP contribution in [0.5, 0.6) is 0 Å². The van der Waals surface area contributed by atoms with Gasteiger partial charge in [-0.2, -0.15) is 0 Å². The molecule has 0 spiro atoms. The van der Waals surface area contributed by atoms with Crippen molar-refractivity contribution in [1.29, 1.82) is 0 Å². The van der Waals surface area contributed by atoms with Gasteiger partial charge in [0, 0.05) is 17.6 Å². The molecule has 1 heterocycles. The van der Waals surface area contributed by atoms with Crippen molar-refractivity contribution in [2.24, 2.45) is 5.41 Å². The molecule has 0 unspecified atom stereocenters. The van der Waals surface area contributed by atoms with Gasteiger partial charge in [-0.3, -0.25) is 4.79 Å². The number of urea groups is 1. The van der Waals surface area contributed by atoms with Crippen LogP contribution in [0.2, 0.25) is 0 Å². The number of amides is 2. The summed E-state index contributed by atoms with van der Waals surface area (Å²) in [7, 11) is 0. The summed E-state index contributed by atoms with van der Waals surface area (Å²) in [5.74, 6) is -0.824. The smallest absolute Gasteiger partial charge is 0.315 e. The van der Waals surface area contributed by atoms with Crippen LogP contribution < -0.4 is 10.6 Å². The predicted molar refractivity (Wildman–Crippen MR) is 71.0 cm³/mol. The molecule has 1 aromatic rings. The molecule has 1 fully saturated rings. The maximum atomic E-state index is 11.6. The van der Waals surface area contributed by atoms with Crippen molar-refractivity contribution in [3.8, 4) is 0 Å². The number of rotatable bonds is 5. The number of carboxylic acids is 1. The van der Waals surface area contributed by atoms with Gasteiger partial charge in [0.1, 0.15) is 5.01 Å². The lowest BCUT2D eigenvalue weighted by Crippen LogP contribution is -2.49. The summed E-state index contributed by atoms with van der Waals surface area (Å²) in [6.07, 6.45) is 3.93. The molecule has 3 N–H and O–H groups in total. The number of aromatic nitrogens is 1. The number of hydrogen-bond donors (Lipinski definition) is 3. The molecule has 7 heteroatoms. The van der Waals surface area contributed by atoms with Gasteiger partial charge in [0.2, 0.25) is 0 Å². The van der Waals surface area contributed by atoms with Gasteiger partial charge in [-0.1, -0.05) is 6.42 Å². The van der Waals surface area contributed by atoms with Crippen molar-refractivity contribution < 1.29 is 14.7 Å². The fourth-order valence-electron chi connectivity index (χ4n) is 2.02. The first-order valence-corrected chi connectivity index (χ1v) is 7.00. The Morgan fingerprint density at radius 1 is 1.47 bits per heavy atom. The van der Waals surface area contributed by atoms with Gasteiger partial charge in [0.05, 0.1) is 12.0 Å². The quantitative estimate of drug-likeness (QED) is 0.763. The first kappa shape index (κ1) is 13.8. The average Bonchev–Trinajstić information content (AvgIpc) is 2.70. The molecule has 1 saturated carbocycles. The topological polar surface area (TPSA) is 91.3 Å². The largest absolute Gasteiger partial charge is 0.481 e. The van der Waals surface area contributed by atoms with Crippen LogP contribution in [-0.2, 0) is 11.3 Å². The number of aliphatic carboxylic acids is 1. The second-order valence-corrected chi connectivity index (χ2v) is 6.16. The zero-order chi connectivity index (χ0) is 13.9. The minimum absolute atomic E-state index is 0.186. The van der Waals surface area contributed by atoms with Gasteiger partial charge in [-0.15, -0.1) is 11.3 Å². The number of thiazole rings is 1. The Balaban J connectivity index is 1.74. The molecule has 1 aliphatic carbocycles. The van der Waals surface area contributed by atoms with E-state index in [0.29, 0.717) is 19.4 Å². The van der Waals surface area contributed by atoms with E-state index in [1.54, 1.807) is 6.20 Å². The summed E-state index contributed by atoms with van der Waals surface area (Å²) in [6.45, 7) is 2.50. The molecule has 6 nitrogen and oxygen atoms in total. The normalized spacial score (nSPS) is 16.5. The third-order valence-electron chi connectivity index (χ3n) is 3.42. The average molecular weight is 283 g/mol. The van der Waals surface area contributed by atoms with Crippen LogP contribution in [-0.4, -0.2) is 28.6 Å². The number of carbonyl (C=O) groups excluding carboxylic acids is 1. The maximum Gasteiger partial charge on any atom is 0.315 e. The maximum absolute atomic E-state index is 11.6. The number of carbonyl (C=O) groups is 2. The van der Waals surface area contributed by atoms with Gasteiger partial charge in [0.25, 0.3) is 0 Å². The number of nitrogens with one attached hydrogen (secondary N) is 2. The Labute approximate surface area is 115 Å². The molecular weight excluding hydrogens is 266 g/mol. The van der Waals surface area contributed by atoms with Gasteiger partial charge < -0.3 is 15.7 Å². The first-order valence-electron chi connectivity index (χ1n) is 6.18. The summed E-state index contributed by atoms with van der Waals surface area (Å²) in [6, 6.07) is -0.347. The van der Waals surface area contributed by atoms with E-state index >= 15 is 0 Å². The van der Waals surface area contributed by atoms with Crippen molar-refractivity contribution in [3.05, 3.63) is 16.1 Å². The molecule has 19 heavy (non-hydrogen) atoms. The minimum Gasteiger partial charge on any atom is -0.481 e. The van der Waals surface area contributed by atoms with Crippen LogP contribution in [0.1, 0.15) is 29.1 Å². The Morgan fingerprint density at radius 3 is 2.68 bits per heavy atom. The predicted octanol–water partition coefficient (Wildman–Crippen LogP) is 1.51. The second-order valence-electron chi connectivity index (χ2n) is 4.84. The van der Waals surface area contributed by atoms with E-state index in [-0.39, 0.29) is 12.6 Å². The van der Waals surface area contributed by atoms with Crippen molar-refractivity contribution in [2.75, 3.05) is 6.54 Å². The standard InChI is InChI=1S/C12H17N3O3S/c1-8-5-13-9(19-8)6-14-11(18)15-7-12(10(16)17)3-2-4-12/h5H,2-4,6-7H2,1H3,(H,16,17)(H2,14,15,18). The number of hydrogen-bond acceptors (Lipinski definition) is 4. The molecular formula is C12H17N3O3S. The number of aryl methyl sites for hydroxylation is 1. The van der Waals surface area contributed by atoms with Crippen LogP contribution in [0.3, 0.4) is 0 Å². The lowest BCUT2D eigenvalue weighted by molar-refractivity contribution is -0.153. The van der Waals surface area contributed by atoms with Crippen LogP contribution in [0.15, 0.2) is 6.20 Å². The highest BCUT2D eigenvalue weighted by Gasteiger charge is 2.44. The van der Waals surface area contributed by atoms with Crippen molar-refractivity contribution >= 4 is 23.3 Å². The van der Waals surface area contributed by atoms with E-state index in [0.717, 1.165) is 16.3 Å². The molecule has 1 aromatic heterocycles. The zero-order valence-corrected chi connectivity index (χ0v) is 11.5. The van der Waals surface area contributed by atoms with E-state index in [2.05, 4.69) is 15.6 Å². The SMILES string of the molecule is Cc1cnc(CNC(=O)NCC2(C(=O)O)CCC2)s1. The summed E-state index contributed by atoms with van der Waals surface area (Å²) in [5, 5.41) is 15.3. The molecule has 1 aliphatic rings. The van der Waals surface area contributed by atoms with E-state index < -0.39 is 11.4 Å². The Morgan fingerprint density at radius 2 is 2.21 bits per heavy atom. The highest BCUT2D eigenvalue weighted by molar-refractivity contribution is 7.11. The monoisotopic (exact) mass is 283 g/mol. The first-order chi connectivity index (χ1) is 9.02. The van der Waals surface area contributed by atoms with Crippen LogP contribution in [0, 0.1) is 12.3 Å². The summed E-state index contributed by atoms with van der Waals surface area (Å²) in [4.78, 5) is 27.9. The van der Waals surface area contributed by atoms with E-state index in [4.69, 9.17) is 5.11 Å². The summed E-state index contributed by atoms with van der Waals surface area (Å²) < 4.78 is 0. The highest BCUT2D eigenvalue weighted by atomic mass is 32.1. The second kappa shape index (κ2) is 5.56. The van der Waals surface area contributed by atoms with E-state index in [1.165, 1.54) is 11.3 Å². The van der Waals surface area contributed by atoms with E-state index in [1.807, 2.05) is 6.92 Å². The van der Waals surface area contributed by atoms with Crippen LogP contribution >= 0.6 is 11.3 Å². The van der Waals surface area contributed by atoms with E-state index in [9.17, 15) is 9.59 Å². The van der Waals surface area contributed by atoms with Crippen molar-refractivity contribution in [2.45, 2.75) is 32.7 Å². The molecule has 0 aromatic carbocycles. The van der Waals surface area contributed by atoms with Crippen molar-refractivity contribution in [3.63, 3.8) is 0 Å². The third-order valence-corrected chi connectivity index (χ3v) is 4.33. The fourth-order valence-corrected chi connectivity index (χ4v) is 2.75. The molecule has 0 bridgehead atoms. The van der Waals surface area contributed by atoms with Crippen LogP contribution in [0.25, 0.3) is 0 Å². The fraction of sp³-hybridized carbons (Fsp3) is 0.583. The molecule has 0 atom stereocenters. The molecule has 2 amide bonds. The minimum atomic E-state index is -0.824. The van der Waals surface area contributed by atoms with Gasteiger partial charge >= 0.3 is 12.0 Å². The van der Waals surface area contributed by atoms with Crippen molar-refractivity contribution in [1.82, 2.24) is 15.6 Å². The highest BCUT2D eigenvalue weighted by Crippen LogP contribution is 2.40. The zero-order valence-electron chi connectivity index (χ0n) is 10.7. The van der Waals surface area contributed by atoms with Crippen LogP contribution in [0.4, 0.5) is 4.79 Å². The lowest BCUT2D eigenvalue weighted by atomic mass is 9.69. The van der Waals surface area contributed by atoms with Gasteiger partial charge in [-0.25, -0.2) is 9.78 Å². The van der Waals surface area contributed by atoms with Gasteiger partial charge in [0.15, 0.2) is 0 Å². The molecule has 104 valence electrons. The summed E-state index contributed by atoms with van der Waals surface area (Å²) in [5.41, 5.74) is -0.755. The molecule has 2 rings (SSSR count). The summed E-state index contributed by atoms with van der Waals surface area (Å²) >= 11 is 1.53. The molecule has 0 aliphatic heterocycles. The number of nitrogens with zero attached hydrogens (tertiary/aromatic N) is 1.